The van der Waals surface area contributed by atoms with E-state index in [0.717, 1.165) is 10.0 Å². The Kier molecular flexibility index (Phi) is 4.03. The van der Waals surface area contributed by atoms with Crippen LogP contribution in [0.3, 0.4) is 0 Å². The first-order valence-corrected chi connectivity index (χ1v) is 5.13. The molecule has 1 aromatic carbocycles. The highest BCUT2D eigenvalue weighted by Crippen LogP contribution is 2.19. The zero-order valence-electron chi connectivity index (χ0n) is 8.49. The van der Waals surface area contributed by atoms with Gasteiger partial charge in [0.1, 0.15) is 6.07 Å². The molecule has 1 amide bonds. The van der Waals surface area contributed by atoms with E-state index in [-0.39, 0.29) is 5.71 Å². The molecule has 6 heteroatoms. The van der Waals surface area contributed by atoms with Crippen molar-refractivity contribution < 1.29 is 4.79 Å². The summed E-state index contributed by atoms with van der Waals surface area (Å²) in [6, 6.07) is 7.02. The third-order valence-electron chi connectivity index (χ3n) is 1.79. The molecular weight excluding hydrogens is 272 g/mol. The maximum Gasteiger partial charge on any atom is 0.280 e. The summed E-state index contributed by atoms with van der Waals surface area (Å²) in [6.07, 6.45) is 0. The SMILES string of the molecule is Cc1cc(N/N=C(\C#N)C(N)=O)ccc1Br. The van der Waals surface area contributed by atoms with Crippen LogP contribution >= 0.6 is 15.9 Å². The number of nitrogens with two attached hydrogens (primary N) is 1. The molecule has 0 unspecified atom stereocenters. The Morgan fingerprint density at radius 3 is 2.81 bits per heavy atom. The van der Waals surface area contributed by atoms with Gasteiger partial charge in [0, 0.05) is 4.47 Å². The molecule has 0 fully saturated rings. The first-order valence-electron chi connectivity index (χ1n) is 4.34. The van der Waals surface area contributed by atoms with Gasteiger partial charge in [-0.3, -0.25) is 10.2 Å². The lowest BCUT2D eigenvalue weighted by atomic mass is 10.2. The quantitative estimate of drug-likeness (QED) is 0.650. The summed E-state index contributed by atoms with van der Waals surface area (Å²) in [6.45, 7) is 1.91. The number of nitrogens with zero attached hydrogens (tertiary/aromatic N) is 2. The van der Waals surface area contributed by atoms with E-state index < -0.39 is 5.91 Å². The predicted octanol–water partition coefficient (Wildman–Crippen LogP) is 1.53. The van der Waals surface area contributed by atoms with Gasteiger partial charge in [0.15, 0.2) is 0 Å². The van der Waals surface area contributed by atoms with Crippen LogP contribution in [0.1, 0.15) is 5.56 Å². The number of benzene rings is 1. The van der Waals surface area contributed by atoms with Crippen molar-refractivity contribution in [3.05, 3.63) is 28.2 Å². The Labute approximate surface area is 101 Å². The number of aryl methyl sites for hydroxylation is 1. The van der Waals surface area contributed by atoms with Crippen molar-refractivity contribution in [2.75, 3.05) is 5.43 Å². The number of primary amides is 1. The Morgan fingerprint density at radius 2 is 2.31 bits per heavy atom. The number of anilines is 1. The number of nitrogens with one attached hydrogen (secondary N) is 1. The smallest absolute Gasteiger partial charge is 0.280 e. The molecule has 0 aliphatic carbocycles. The number of rotatable bonds is 3. The van der Waals surface area contributed by atoms with Gasteiger partial charge >= 0.3 is 0 Å². The van der Waals surface area contributed by atoms with Crippen LogP contribution < -0.4 is 11.2 Å². The van der Waals surface area contributed by atoms with E-state index in [2.05, 4.69) is 26.5 Å². The van der Waals surface area contributed by atoms with Crippen molar-refractivity contribution in [1.82, 2.24) is 0 Å². The average Bonchev–Trinajstić information content (AvgIpc) is 2.23. The van der Waals surface area contributed by atoms with Crippen molar-refractivity contribution in [3.8, 4) is 6.07 Å². The number of carbonyl (C=O) groups is 1. The molecule has 0 aromatic heterocycles. The first-order chi connectivity index (χ1) is 7.54. The first kappa shape index (κ1) is 12.2. The van der Waals surface area contributed by atoms with E-state index in [1.54, 1.807) is 12.1 Å². The minimum absolute atomic E-state index is 0.361. The Bertz CT molecular complexity index is 490. The zero-order valence-corrected chi connectivity index (χ0v) is 10.1. The van der Waals surface area contributed by atoms with Crippen molar-refractivity contribution in [1.29, 1.82) is 5.26 Å². The van der Waals surface area contributed by atoms with Crippen LogP contribution in [0.2, 0.25) is 0 Å². The lowest BCUT2D eigenvalue weighted by Crippen LogP contribution is -2.22. The summed E-state index contributed by atoms with van der Waals surface area (Å²) in [5.41, 5.74) is 8.84. The second-order valence-electron chi connectivity index (χ2n) is 3.01. The van der Waals surface area contributed by atoms with Crippen molar-refractivity contribution in [2.24, 2.45) is 10.8 Å². The number of amides is 1. The van der Waals surface area contributed by atoms with Crippen LogP contribution in [-0.2, 0) is 4.79 Å². The topological polar surface area (TPSA) is 91.3 Å². The van der Waals surface area contributed by atoms with Crippen molar-refractivity contribution in [3.63, 3.8) is 0 Å². The third-order valence-corrected chi connectivity index (χ3v) is 2.68. The third kappa shape index (κ3) is 3.07. The molecule has 0 saturated heterocycles. The fraction of sp³-hybridized carbons (Fsp3) is 0.100. The Balaban J connectivity index is 2.86. The number of hydrogen-bond acceptors (Lipinski definition) is 4. The molecule has 0 aliphatic rings. The minimum atomic E-state index is -0.858. The molecular formula is C10H9BrN4O. The van der Waals surface area contributed by atoms with Gasteiger partial charge in [0.2, 0.25) is 5.71 Å². The molecule has 0 saturated carbocycles. The monoisotopic (exact) mass is 280 g/mol. The number of nitriles is 1. The zero-order chi connectivity index (χ0) is 12.1. The molecule has 1 rings (SSSR count). The lowest BCUT2D eigenvalue weighted by molar-refractivity contribution is -0.111. The maximum atomic E-state index is 10.7. The Morgan fingerprint density at radius 1 is 1.62 bits per heavy atom. The summed E-state index contributed by atoms with van der Waals surface area (Å²) >= 11 is 3.36. The molecule has 0 bridgehead atoms. The summed E-state index contributed by atoms with van der Waals surface area (Å²) in [5.74, 6) is -0.858. The Hall–Kier alpha value is -1.87. The highest BCUT2D eigenvalue weighted by molar-refractivity contribution is 9.10. The fourth-order valence-corrected chi connectivity index (χ4v) is 1.22. The number of hydrazone groups is 1. The summed E-state index contributed by atoms with van der Waals surface area (Å²) in [4.78, 5) is 10.7. The van der Waals surface area contributed by atoms with Gasteiger partial charge in [-0.1, -0.05) is 15.9 Å². The van der Waals surface area contributed by atoms with Crippen LogP contribution in [0.5, 0.6) is 0 Å². The summed E-state index contributed by atoms with van der Waals surface area (Å²) in [7, 11) is 0. The summed E-state index contributed by atoms with van der Waals surface area (Å²) in [5, 5.41) is 12.1. The van der Waals surface area contributed by atoms with Gasteiger partial charge in [-0.25, -0.2) is 0 Å². The van der Waals surface area contributed by atoms with Crippen LogP contribution in [0, 0.1) is 18.3 Å². The molecule has 5 nitrogen and oxygen atoms in total. The van der Waals surface area contributed by atoms with E-state index >= 15 is 0 Å². The van der Waals surface area contributed by atoms with Gasteiger partial charge in [0.25, 0.3) is 5.91 Å². The van der Waals surface area contributed by atoms with Gasteiger partial charge in [0.05, 0.1) is 5.69 Å². The number of carbonyl (C=O) groups excluding carboxylic acids is 1. The van der Waals surface area contributed by atoms with Crippen LogP contribution in [0.4, 0.5) is 5.69 Å². The highest BCUT2D eigenvalue weighted by atomic mass is 79.9. The number of halogens is 1. The maximum absolute atomic E-state index is 10.7. The molecule has 0 radical (unpaired) electrons. The van der Waals surface area contributed by atoms with Crippen LogP contribution in [-0.4, -0.2) is 11.6 Å². The van der Waals surface area contributed by atoms with Gasteiger partial charge in [-0.15, -0.1) is 0 Å². The second-order valence-corrected chi connectivity index (χ2v) is 3.87. The van der Waals surface area contributed by atoms with E-state index in [0.29, 0.717) is 5.69 Å². The molecule has 16 heavy (non-hydrogen) atoms. The molecule has 0 spiro atoms. The fourth-order valence-electron chi connectivity index (χ4n) is 0.970. The average molecular weight is 281 g/mol. The molecule has 82 valence electrons. The summed E-state index contributed by atoms with van der Waals surface area (Å²) < 4.78 is 0.970. The largest absolute Gasteiger partial charge is 0.364 e. The van der Waals surface area contributed by atoms with Crippen LogP contribution in [0.25, 0.3) is 0 Å². The van der Waals surface area contributed by atoms with E-state index in [1.807, 2.05) is 19.1 Å². The van der Waals surface area contributed by atoms with Gasteiger partial charge in [-0.05, 0) is 30.7 Å². The molecule has 3 N–H and O–H groups in total. The van der Waals surface area contributed by atoms with E-state index in [4.69, 9.17) is 11.0 Å². The molecule has 0 heterocycles. The molecule has 0 atom stereocenters. The highest BCUT2D eigenvalue weighted by Gasteiger charge is 2.04. The standard InChI is InChI=1S/C10H9BrN4O/c1-6-4-7(2-3-8(6)11)14-15-9(5-12)10(13)16/h2-4,14H,1H3,(H2,13,16)/b15-9+. The van der Waals surface area contributed by atoms with Crippen molar-refractivity contribution >= 4 is 33.2 Å². The van der Waals surface area contributed by atoms with Gasteiger partial charge < -0.3 is 5.73 Å². The molecule has 1 aromatic rings. The minimum Gasteiger partial charge on any atom is -0.364 e. The molecule has 0 aliphatic heterocycles. The lowest BCUT2D eigenvalue weighted by Gasteiger charge is -2.03. The van der Waals surface area contributed by atoms with Crippen LogP contribution in [0.15, 0.2) is 27.8 Å². The van der Waals surface area contributed by atoms with Gasteiger partial charge in [-0.2, -0.15) is 10.4 Å². The van der Waals surface area contributed by atoms with Crippen molar-refractivity contribution in [2.45, 2.75) is 6.92 Å². The predicted molar refractivity (Wildman–Crippen MR) is 64.7 cm³/mol. The van der Waals surface area contributed by atoms with E-state index in [1.165, 1.54) is 0 Å². The van der Waals surface area contributed by atoms with E-state index in [9.17, 15) is 4.79 Å². The number of hydrogen-bond donors (Lipinski definition) is 2. The normalized spacial score (nSPS) is 10.7. The second kappa shape index (κ2) is 5.28.